The molecule has 0 aromatic rings. The lowest BCUT2D eigenvalue weighted by atomic mass is 10.2. The van der Waals surface area contributed by atoms with Gasteiger partial charge in [0.05, 0.1) is 0 Å². The van der Waals surface area contributed by atoms with E-state index in [1.165, 1.54) is 6.21 Å². The average molecular weight is 125 g/mol. The molecule has 1 aliphatic heterocycles. The molecule has 0 spiro atoms. The maximum atomic E-state index is 6.96. The van der Waals surface area contributed by atoms with Crippen molar-refractivity contribution in [2.75, 3.05) is 6.54 Å². The average Bonchev–Trinajstić information content (AvgIpc) is 2.50. The zero-order valence-corrected chi connectivity index (χ0v) is 5.44. The molecule has 3 heteroatoms. The fraction of sp³-hybridized carbons (Fsp3) is 0.500. The minimum absolute atomic E-state index is 0.368. The van der Waals surface area contributed by atoms with Crippen LogP contribution in [0.5, 0.6) is 0 Å². The molecule has 0 aromatic carbocycles. The normalized spacial score (nSPS) is 27.0. The lowest BCUT2D eigenvalue weighted by molar-refractivity contribution is 1.11. The summed E-state index contributed by atoms with van der Waals surface area (Å²) < 4.78 is 0. The van der Waals surface area contributed by atoms with Gasteiger partial charge in [0, 0.05) is 30.1 Å². The van der Waals surface area contributed by atoms with Gasteiger partial charge in [-0.15, -0.1) is 0 Å². The maximum absolute atomic E-state index is 6.96. The first-order valence-electron chi connectivity index (χ1n) is 2.96. The molecule has 1 atom stereocenters. The lowest BCUT2D eigenvalue weighted by Gasteiger charge is -1.96. The second-order valence-electron chi connectivity index (χ2n) is 2.24. The van der Waals surface area contributed by atoms with Gasteiger partial charge in [-0.25, -0.2) is 0 Å². The third kappa shape index (κ3) is 1.29. The molecule has 4 N–H and O–H groups in total. The number of hydrogen-bond acceptors (Lipinski definition) is 3. The van der Waals surface area contributed by atoms with Gasteiger partial charge in [-0.3, -0.25) is 0 Å². The monoisotopic (exact) mass is 125 g/mol. The summed E-state index contributed by atoms with van der Waals surface area (Å²) in [5, 5.41) is 10.0. The van der Waals surface area contributed by atoms with Gasteiger partial charge in [-0.2, -0.15) is 0 Å². The predicted molar refractivity (Wildman–Crippen MR) is 37.5 cm³/mol. The SMILES string of the molecule is C/C(N)=C(\C=N)C1CN1. The Morgan fingerprint density at radius 2 is 2.44 bits per heavy atom. The van der Waals surface area contributed by atoms with Gasteiger partial charge < -0.3 is 16.5 Å². The van der Waals surface area contributed by atoms with Crippen LogP contribution in [0, 0.1) is 5.41 Å². The van der Waals surface area contributed by atoms with E-state index in [0.29, 0.717) is 6.04 Å². The van der Waals surface area contributed by atoms with E-state index in [2.05, 4.69) is 5.32 Å². The van der Waals surface area contributed by atoms with E-state index < -0.39 is 0 Å². The third-order valence-corrected chi connectivity index (χ3v) is 1.39. The number of allylic oxidation sites excluding steroid dienone is 1. The summed E-state index contributed by atoms with van der Waals surface area (Å²) in [6.45, 7) is 2.79. The Morgan fingerprint density at radius 3 is 2.56 bits per heavy atom. The van der Waals surface area contributed by atoms with E-state index >= 15 is 0 Å². The van der Waals surface area contributed by atoms with Crippen molar-refractivity contribution in [2.24, 2.45) is 5.73 Å². The quantitative estimate of drug-likeness (QED) is 0.354. The molecule has 1 rings (SSSR count). The molecule has 0 saturated carbocycles. The second-order valence-corrected chi connectivity index (χ2v) is 2.24. The number of hydrogen-bond donors (Lipinski definition) is 3. The van der Waals surface area contributed by atoms with Crippen LogP contribution in [0.1, 0.15) is 6.92 Å². The van der Waals surface area contributed by atoms with Crippen molar-refractivity contribution in [3.05, 3.63) is 11.3 Å². The van der Waals surface area contributed by atoms with E-state index in [0.717, 1.165) is 17.8 Å². The standard InChI is InChI=1S/C6H11N3/c1-4(8)5(2-7)6-3-9-6/h2,6-7,9H,3,8H2,1H3/b5-4-,7-2?. The smallest absolute Gasteiger partial charge is 0.0479 e. The minimum atomic E-state index is 0.368. The summed E-state index contributed by atoms with van der Waals surface area (Å²) in [7, 11) is 0. The summed E-state index contributed by atoms with van der Waals surface area (Å²) >= 11 is 0. The molecule has 9 heavy (non-hydrogen) atoms. The maximum Gasteiger partial charge on any atom is 0.0479 e. The van der Waals surface area contributed by atoms with Crippen LogP contribution >= 0.6 is 0 Å². The zero-order chi connectivity index (χ0) is 6.85. The van der Waals surface area contributed by atoms with Gasteiger partial charge in [0.15, 0.2) is 0 Å². The highest BCUT2D eigenvalue weighted by atomic mass is 15.1. The number of nitrogens with one attached hydrogen (secondary N) is 2. The fourth-order valence-electron chi connectivity index (χ4n) is 0.768. The predicted octanol–water partition coefficient (Wildman–Crippen LogP) is -0.160. The number of rotatable bonds is 2. The van der Waals surface area contributed by atoms with Crippen LogP contribution in [0.2, 0.25) is 0 Å². The van der Waals surface area contributed by atoms with Crippen LogP contribution in [0.25, 0.3) is 0 Å². The van der Waals surface area contributed by atoms with Gasteiger partial charge >= 0.3 is 0 Å². The van der Waals surface area contributed by atoms with Crippen LogP contribution in [0.15, 0.2) is 11.3 Å². The van der Waals surface area contributed by atoms with Crippen molar-refractivity contribution in [2.45, 2.75) is 13.0 Å². The molecule has 0 aromatic heterocycles. The fourth-order valence-corrected chi connectivity index (χ4v) is 0.768. The molecule has 1 fully saturated rings. The summed E-state index contributed by atoms with van der Waals surface area (Å²) in [6, 6.07) is 0.368. The molecule has 50 valence electrons. The first-order chi connectivity index (χ1) is 4.25. The summed E-state index contributed by atoms with van der Waals surface area (Å²) in [5.74, 6) is 0. The van der Waals surface area contributed by atoms with Gasteiger partial charge in [0.25, 0.3) is 0 Å². The van der Waals surface area contributed by atoms with Crippen LogP contribution in [-0.4, -0.2) is 18.8 Å². The van der Waals surface area contributed by atoms with E-state index in [1.807, 2.05) is 6.92 Å². The third-order valence-electron chi connectivity index (χ3n) is 1.39. The molecule has 0 bridgehead atoms. The first-order valence-corrected chi connectivity index (χ1v) is 2.96. The van der Waals surface area contributed by atoms with Crippen molar-refractivity contribution in [1.82, 2.24) is 5.32 Å². The van der Waals surface area contributed by atoms with E-state index in [9.17, 15) is 0 Å². The van der Waals surface area contributed by atoms with Crippen LogP contribution in [0.3, 0.4) is 0 Å². The largest absolute Gasteiger partial charge is 0.402 e. The molecule has 1 aliphatic rings. The highest BCUT2D eigenvalue weighted by Crippen LogP contribution is 2.10. The molecule has 0 amide bonds. The van der Waals surface area contributed by atoms with Crippen molar-refractivity contribution < 1.29 is 0 Å². The Kier molecular flexibility index (Phi) is 1.53. The van der Waals surface area contributed by atoms with Crippen molar-refractivity contribution in [1.29, 1.82) is 5.41 Å². The van der Waals surface area contributed by atoms with Crippen LogP contribution in [-0.2, 0) is 0 Å². The minimum Gasteiger partial charge on any atom is -0.402 e. The Hall–Kier alpha value is -0.830. The molecule has 0 radical (unpaired) electrons. The second kappa shape index (κ2) is 2.19. The molecule has 1 saturated heterocycles. The van der Waals surface area contributed by atoms with E-state index in [1.54, 1.807) is 0 Å². The van der Waals surface area contributed by atoms with E-state index in [4.69, 9.17) is 11.1 Å². The topological polar surface area (TPSA) is 71.8 Å². The van der Waals surface area contributed by atoms with Crippen molar-refractivity contribution in [3.8, 4) is 0 Å². The zero-order valence-electron chi connectivity index (χ0n) is 5.44. The Balaban J connectivity index is 2.68. The summed E-state index contributed by atoms with van der Waals surface area (Å²) in [6.07, 6.45) is 1.32. The first kappa shape index (κ1) is 6.29. The van der Waals surface area contributed by atoms with Crippen LogP contribution < -0.4 is 11.1 Å². The van der Waals surface area contributed by atoms with Crippen LogP contribution in [0.4, 0.5) is 0 Å². The summed E-state index contributed by atoms with van der Waals surface area (Å²) in [4.78, 5) is 0. The molecule has 0 aliphatic carbocycles. The molecular formula is C6H11N3. The molecule has 1 unspecified atom stereocenters. The lowest BCUT2D eigenvalue weighted by Crippen LogP contribution is -2.06. The van der Waals surface area contributed by atoms with Gasteiger partial charge in [-0.05, 0) is 6.92 Å². The molecule has 1 heterocycles. The van der Waals surface area contributed by atoms with Gasteiger partial charge in [0.2, 0.25) is 0 Å². The van der Waals surface area contributed by atoms with E-state index in [-0.39, 0.29) is 0 Å². The molecular weight excluding hydrogens is 114 g/mol. The highest BCUT2D eigenvalue weighted by Gasteiger charge is 2.24. The van der Waals surface area contributed by atoms with Crippen molar-refractivity contribution in [3.63, 3.8) is 0 Å². The van der Waals surface area contributed by atoms with Gasteiger partial charge in [0.1, 0.15) is 0 Å². The Labute approximate surface area is 54.4 Å². The Bertz CT molecular complexity index is 152. The van der Waals surface area contributed by atoms with Gasteiger partial charge in [-0.1, -0.05) is 0 Å². The Morgan fingerprint density at radius 1 is 1.89 bits per heavy atom. The highest BCUT2D eigenvalue weighted by molar-refractivity contribution is 5.79. The molecule has 3 nitrogen and oxygen atoms in total. The van der Waals surface area contributed by atoms with Crippen molar-refractivity contribution >= 4 is 6.21 Å². The number of nitrogens with two attached hydrogens (primary N) is 1. The summed E-state index contributed by atoms with van der Waals surface area (Å²) in [5.41, 5.74) is 7.15.